The van der Waals surface area contributed by atoms with Crippen molar-refractivity contribution in [1.82, 2.24) is 10.6 Å². The first-order chi connectivity index (χ1) is 16.6. The molecule has 3 aromatic carbocycles. The molecular weight excluding hydrogens is 424 g/mol. The van der Waals surface area contributed by atoms with Gasteiger partial charge in [0.1, 0.15) is 0 Å². The number of benzene rings is 3. The van der Waals surface area contributed by atoms with Crippen LogP contribution in [0.2, 0.25) is 0 Å². The topological polar surface area (TPSA) is 73.5 Å². The molecule has 4 rings (SSSR count). The van der Waals surface area contributed by atoms with Crippen molar-refractivity contribution >= 4 is 23.2 Å². The Bertz CT molecular complexity index is 1090. The highest BCUT2D eigenvalue weighted by molar-refractivity contribution is 6.04. The number of carbonyl (C=O) groups is 2. The van der Waals surface area contributed by atoms with Gasteiger partial charge in [0, 0.05) is 42.6 Å². The zero-order valence-corrected chi connectivity index (χ0v) is 19.5. The summed E-state index contributed by atoms with van der Waals surface area (Å²) < 4.78 is 0. The zero-order valence-electron chi connectivity index (χ0n) is 19.5. The number of para-hydroxylation sites is 1. The van der Waals surface area contributed by atoms with Crippen molar-refractivity contribution in [2.24, 2.45) is 5.92 Å². The molecule has 1 fully saturated rings. The van der Waals surface area contributed by atoms with Crippen LogP contribution in [0.15, 0.2) is 84.9 Å². The summed E-state index contributed by atoms with van der Waals surface area (Å²) in [4.78, 5) is 27.2. The molecule has 1 aliphatic rings. The molecule has 1 saturated heterocycles. The van der Waals surface area contributed by atoms with Crippen LogP contribution in [0.25, 0.3) is 0 Å². The van der Waals surface area contributed by atoms with Gasteiger partial charge >= 0.3 is 0 Å². The summed E-state index contributed by atoms with van der Waals surface area (Å²) >= 11 is 0. The molecular formula is C28H32N4O2. The van der Waals surface area contributed by atoms with Gasteiger partial charge in [0.2, 0.25) is 5.91 Å². The minimum Gasteiger partial charge on any atom is -0.371 e. The second-order valence-corrected chi connectivity index (χ2v) is 8.79. The van der Waals surface area contributed by atoms with Gasteiger partial charge in [0.15, 0.2) is 0 Å². The van der Waals surface area contributed by atoms with Crippen LogP contribution in [0.4, 0.5) is 11.4 Å². The number of hydrogen-bond acceptors (Lipinski definition) is 4. The molecule has 0 bridgehead atoms. The van der Waals surface area contributed by atoms with Crippen LogP contribution in [0, 0.1) is 5.92 Å². The van der Waals surface area contributed by atoms with Crippen LogP contribution < -0.4 is 20.9 Å². The van der Waals surface area contributed by atoms with Crippen LogP contribution in [0.1, 0.15) is 35.3 Å². The predicted molar refractivity (Wildman–Crippen MR) is 137 cm³/mol. The van der Waals surface area contributed by atoms with E-state index in [1.54, 1.807) is 12.1 Å². The maximum absolute atomic E-state index is 12.4. The molecule has 0 radical (unpaired) electrons. The first-order valence-electron chi connectivity index (χ1n) is 11.8. The minimum absolute atomic E-state index is 0.00135. The Hall–Kier alpha value is -3.64. The highest BCUT2D eigenvalue weighted by Gasteiger charge is 2.23. The summed E-state index contributed by atoms with van der Waals surface area (Å²) in [5, 5.41) is 9.30. The molecule has 3 N–H and O–H groups in total. The first-order valence-corrected chi connectivity index (χ1v) is 11.8. The van der Waals surface area contributed by atoms with Gasteiger partial charge in [-0.2, -0.15) is 0 Å². The second kappa shape index (κ2) is 11.5. The van der Waals surface area contributed by atoms with E-state index in [2.05, 4.69) is 45.1 Å². The van der Waals surface area contributed by atoms with Crippen molar-refractivity contribution in [2.45, 2.75) is 19.4 Å². The van der Waals surface area contributed by atoms with Crippen LogP contribution in [0.5, 0.6) is 0 Å². The van der Waals surface area contributed by atoms with Gasteiger partial charge in [0.05, 0.1) is 6.54 Å². The van der Waals surface area contributed by atoms with Crippen LogP contribution >= 0.6 is 0 Å². The summed E-state index contributed by atoms with van der Waals surface area (Å²) in [6, 6.07) is 27.2. The van der Waals surface area contributed by atoms with Gasteiger partial charge in [-0.1, -0.05) is 48.5 Å². The van der Waals surface area contributed by atoms with Crippen LogP contribution in [0.3, 0.4) is 0 Å². The maximum atomic E-state index is 12.4. The molecule has 1 aliphatic heterocycles. The van der Waals surface area contributed by atoms with Crippen molar-refractivity contribution < 1.29 is 9.59 Å². The van der Waals surface area contributed by atoms with E-state index in [1.165, 1.54) is 5.69 Å². The van der Waals surface area contributed by atoms with E-state index in [4.69, 9.17) is 0 Å². The fraction of sp³-hybridized carbons (Fsp3) is 0.286. The van der Waals surface area contributed by atoms with Gasteiger partial charge < -0.3 is 20.9 Å². The summed E-state index contributed by atoms with van der Waals surface area (Å²) in [6.45, 7) is 4.95. The van der Waals surface area contributed by atoms with Gasteiger partial charge in [-0.05, 0) is 61.2 Å². The second-order valence-electron chi connectivity index (χ2n) is 8.79. The number of hydrogen-bond donors (Lipinski definition) is 3. The monoisotopic (exact) mass is 456 g/mol. The van der Waals surface area contributed by atoms with E-state index in [9.17, 15) is 9.59 Å². The van der Waals surface area contributed by atoms with Crippen LogP contribution in [-0.2, 0) is 4.79 Å². The van der Waals surface area contributed by atoms with Crippen LogP contribution in [-0.4, -0.2) is 38.0 Å². The fourth-order valence-corrected chi connectivity index (χ4v) is 4.24. The number of amides is 2. The molecule has 0 saturated carbocycles. The number of nitrogens with zero attached hydrogens (tertiary/aromatic N) is 1. The lowest BCUT2D eigenvalue weighted by atomic mass is 10.1. The largest absolute Gasteiger partial charge is 0.371 e. The molecule has 2 amide bonds. The molecule has 0 aliphatic carbocycles. The molecule has 176 valence electrons. The van der Waals surface area contributed by atoms with Crippen molar-refractivity contribution in [2.75, 3.05) is 36.4 Å². The predicted octanol–water partition coefficient (Wildman–Crippen LogP) is 4.23. The molecule has 34 heavy (non-hydrogen) atoms. The van der Waals surface area contributed by atoms with E-state index in [1.807, 2.05) is 55.5 Å². The Morgan fingerprint density at radius 1 is 0.971 bits per heavy atom. The lowest BCUT2D eigenvalue weighted by Gasteiger charge is -2.19. The van der Waals surface area contributed by atoms with Gasteiger partial charge in [0.25, 0.3) is 5.91 Å². The number of carbonyl (C=O) groups excluding carboxylic acids is 2. The molecule has 3 aromatic rings. The number of rotatable bonds is 9. The molecule has 0 aromatic heterocycles. The van der Waals surface area contributed by atoms with E-state index >= 15 is 0 Å². The zero-order chi connectivity index (χ0) is 23.8. The first kappa shape index (κ1) is 23.5. The molecule has 6 nitrogen and oxygen atoms in total. The minimum atomic E-state index is -0.143. The van der Waals surface area contributed by atoms with Gasteiger partial charge in [-0.3, -0.25) is 9.59 Å². The standard InChI is InChI=1S/C28H32N4O2/c1-21(24-11-8-12-25(17-24)31-28(34)23-9-4-2-5-10-23)29-19-27(33)30-18-22-15-16-32(20-22)26-13-6-3-7-14-26/h2-14,17,21-22,29H,15-16,18-20H2,1H3,(H,30,33)(H,31,34). The van der Waals surface area contributed by atoms with E-state index in [-0.39, 0.29) is 24.4 Å². The van der Waals surface area contributed by atoms with Gasteiger partial charge in [-0.25, -0.2) is 0 Å². The normalized spacial score (nSPS) is 16.1. The Morgan fingerprint density at radius 2 is 1.71 bits per heavy atom. The molecule has 6 heteroatoms. The lowest BCUT2D eigenvalue weighted by molar-refractivity contribution is -0.120. The molecule has 2 unspecified atom stereocenters. The summed E-state index contributed by atoms with van der Waals surface area (Å²) in [5.41, 5.74) is 3.60. The lowest BCUT2D eigenvalue weighted by Crippen LogP contribution is -2.38. The third-order valence-electron chi connectivity index (χ3n) is 6.24. The molecule has 0 spiro atoms. The van der Waals surface area contributed by atoms with Crippen molar-refractivity contribution in [3.63, 3.8) is 0 Å². The smallest absolute Gasteiger partial charge is 0.255 e. The van der Waals surface area contributed by atoms with Gasteiger partial charge in [-0.15, -0.1) is 0 Å². The maximum Gasteiger partial charge on any atom is 0.255 e. The Labute approximate surface area is 201 Å². The Balaban J connectivity index is 1.21. The molecule has 1 heterocycles. The summed E-state index contributed by atoms with van der Waals surface area (Å²) in [6.07, 6.45) is 1.08. The van der Waals surface area contributed by atoms with E-state index in [0.29, 0.717) is 18.0 Å². The van der Waals surface area contributed by atoms with Crippen molar-refractivity contribution in [3.05, 3.63) is 96.1 Å². The van der Waals surface area contributed by atoms with Crippen molar-refractivity contribution in [3.8, 4) is 0 Å². The third kappa shape index (κ3) is 6.45. The van der Waals surface area contributed by atoms with E-state index in [0.717, 1.165) is 30.8 Å². The number of nitrogens with one attached hydrogen (secondary N) is 3. The SMILES string of the molecule is CC(NCC(=O)NCC1CCN(c2ccccc2)C1)c1cccc(NC(=O)c2ccccc2)c1. The number of anilines is 2. The average molecular weight is 457 g/mol. The highest BCUT2D eigenvalue weighted by atomic mass is 16.2. The average Bonchev–Trinajstić information content (AvgIpc) is 3.36. The third-order valence-corrected chi connectivity index (χ3v) is 6.24. The summed E-state index contributed by atoms with van der Waals surface area (Å²) in [7, 11) is 0. The Kier molecular flexibility index (Phi) is 7.94. The molecule has 2 atom stereocenters. The van der Waals surface area contributed by atoms with Crippen molar-refractivity contribution in [1.29, 1.82) is 0 Å². The quantitative estimate of drug-likeness (QED) is 0.451. The highest BCUT2D eigenvalue weighted by Crippen LogP contribution is 2.23. The Morgan fingerprint density at radius 3 is 2.47 bits per heavy atom. The fourth-order valence-electron chi connectivity index (χ4n) is 4.24. The van der Waals surface area contributed by atoms with E-state index < -0.39 is 0 Å². The summed E-state index contributed by atoms with van der Waals surface area (Å²) in [5.74, 6) is 0.320.